The van der Waals surface area contributed by atoms with Crippen molar-refractivity contribution in [3.05, 3.63) is 99.5 Å². The zero-order valence-electron chi connectivity index (χ0n) is 26.9. The molecule has 0 amide bonds. The summed E-state index contributed by atoms with van der Waals surface area (Å²) < 4.78 is 81.1. The zero-order valence-corrected chi connectivity index (χ0v) is 29.2. The Kier molecular flexibility index (Phi) is 12.7. The third-order valence-corrected chi connectivity index (χ3v) is 10.3. The number of hydrogen-bond acceptors (Lipinski definition) is 7. The van der Waals surface area contributed by atoms with Gasteiger partial charge in [0.1, 0.15) is 6.61 Å². The summed E-state index contributed by atoms with van der Waals surface area (Å²) in [6.07, 6.45) is 1.30. The number of pyridine rings is 1. The van der Waals surface area contributed by atoms with Gasteiger partial charge in [-0.1, -0.05) is 60.5 Å². The lowest BCUT2D eigenvalue weighted by atomic mass is 9.84. The number of aromatic nitrogens is 1. The Morgan fingerprint density at radius 2 is 1.39 bits per heavy atom. The molecule has 5 rings (SSSR count). The molecule has 4 aromatic rings. The average Bonchev–Trinajstić information content (AvgIpc) is 3.08. The SMILES string of the molecule is CCCOCCOCCOc1cc(NC2CCN(S(=O)(=O)C(F)(F)F)CC2)c2cc(C(c3ccc(Cl)cc3)c3ccc(Cl)cc3)ccc2n1. The fourth-order valence-corrected chi connectivity index (χ4v) is 6.99. The zero-order chi connectivity index (χ0) is 35.0. The maximum atomic E-state index is 13.2. The van der Waals surface area contributed by atoms with Crippen LogP contribution in [0, 0.1) is 0 Å². The minimum absolute atomic E-state index is 0.182. The summed E-state index contributed by atoms with van der Waals surface area (Å²) in [6, 6.07) is 22.6. The van der Waals surface area contributed by atoms with Crippen LogP contribution >= 0.6 is 23.2 Å². The summed E-state index contributed by atoms with van der Waals surface area (Å²) >= 11 is 12.4. The van der Waals surface area contributed by atoms with Crippen LogP contribution in [0.4, 0.5) is 18.9 Å². The molecular weight excluding hydrogens is 702 g/mol. The largest absolute Gasteiger partial charge is 0.511 e. The predicted octanol–water partition coefficient (Wildman–Crippen LogP) is 8.27. The van der Waals surface area contributed by atoms with Gasteiger partial charge in [0.2, 0.25) is 5.88 Å². The van der Waals surface area contributed by atoms with Crippen molar-refractivity contribution >= 4 is 49.8 Å². The highest BCUT2D eigenvalue weighted by atomic mass is 35.5. The molecule has 1 saturated heterocycles. The van der Waals surface area contributed by atoms with Crippen molar-refractivity contribution in [2.45, 2.75) is 43.7 Å². The van der Waals surface area contributed by atoms with Crippen LogP contribution in [0.25, 0.3) is 10.9 Å². The average molecular weight is 741 g/mol. The van der Waals surface area contributed by atoms with Gasteiger partial charge in [-0.25, -0.2) is 13.4 Å². The molecular formula is C35H38Cl2F3N3O5S. The number of alkyl halides is 3. The van der Waals surface area contributed by atoms with Gasteiger partial charge in [0.15, 0.2) is 0 Å². The van der Waals surface area contributed by atoms with Crippen LogP contribution < -0.4 is 10.1 Å². The van der Waals surface area contributed by atoms with Crippen molar-refractivity contribution in [2.75, 3.05) is 51.4 Å². The smallest absolute Gasteiger partial charge is 0.475 e. The Bertz CT molecular complexity index is 1740. The first kappa shape index (κ1) is 37.1. The van der Waals surface area contributed by atoms with Crippen LogP contribution in [0.3, 0.4) is 0 Å². The lowest BCUT2D eigenvalue weighted by Crippen LogP contribution is -2.47. The first-order valence-electron chi connectivity index (χ1n) is 16.0. The lowest BCUT2D eigenvalue weighted by Gasteiger charge is -2.32. The van der Waals surface area contributed by atoms with Crippen LogP contribution in [0.2, 0.25) is 10.0 Å². The van der Waals surface area contributed by atoms with E-state index in [9.17, 15) is 21.6 Å². The molecule has 0 atom stereocenters. The van der Waals surface area contributed by atoms with E-state index in [0.29, 0.717) is 57.9 Å². The summed E-state index contributed by atoms with van der Waals surface area (Å²) in [4.78, 5) is 4.74. The van der Waals surface area contributed by atoms with E-state index < -0.39 is 15.5 Å². The third kappa shape index (κ3) is 9.56. The first-order valence-corrected chi connectivity index (χ1v) is 18.2. The fraction of sp³-hybridized carbons (Fsp3) is 0.400. The van der Waals surface area contributed by atoms with Gasteiger partial charge in [0.05, 0.1) is 25.3 Å². The molecule has 2 heterocycles. The molecule has 0 bridgehead atoms. The van der Waals surface area contributed by atoms with E-state index in [1.807, 2.05) is 73.7 Å². The number of sulfonamides is 1. The second kappa shape index (κ2) is 16.7. The minimum atomic E-state index is -5.39. The van der Waals surface area contributed by atoms with Gasteiger partial charge in [-0.15, -0.1) is 0 Å². The van der Waals surface area contributed by atoms with E-state index in [-0.39, 0.29) is 44.5 Å². The molecule has 8 nitrogen and oxygen atoms in total. The number of piperidine rings is 1. The normalized spacial score (nSPS) is 14.8. The number of nitrogens with zero attached hydrogens (tertiary/aromatic N) is 2. The van der Waals surface area contributed by atoms with Gasteiger partial charge in [0.25, 0.3) is 0 Å². The molecule has 0 saturated carbocycles. The van der Waals surface area contributed by atoms with E-state index in [1.165, 1.54) is 0 Å². The molecule has 1 N–H and O–H groups in total. The summed E-state index contributed by atoms with van der Waals surface area (Å²) in [5.74, 6) is 0.162. The van der Waals surface area contributed by atoms with Crippen molar-refractivity contribution in [1.82, 2.24) is 9.29 Å². The van der Waals surface area contributed by atoms with Gasteiger partial charge in [-0.3, -0.25) is 0 Å². The summed E-state index contributed by atoms with van der Waals surface area (Å²) in [6.45, 7) is 3.70. The maximum absolute atomic E-state index is 13.2. The van der Waals surface area contributed by atoms with Gasteiger partial charge >= 0.3 is 15.5 Å². The van der Waals surface area contributed by atoms with Crippen molar-refractivity contribution in [1.29, 1.82) is 0 Å². The predicted molar refractivity (Wildman–Crippen MR) is 186 cm³/mol. The molecule has 0 unspecified atom stereocenters. The molecule has 49 heavy (non-hydrogen) atoms. The van der Waals surface area contributed by atoms with Crippen molar-refractivity contribution in [3.63, 3.8) is 0 Å². The first-order chi connectivity index (χ1) is 23.5. The topological polar surface area (TPSA) is 90.0 Å². The number of fused-ring (bicyclic) bond motifs is 1. The Morgan fingerprint density at radius 3 is 1.96 bits per heavy atom. The van der Waals surface area contributed by atoms with Crippen LogP contribution in [0.1, 0.15) is 48.8 Å². The van der Waals surface area contributed by atoms with Crippen molar-refractivity contribution in [3.8, 4) is 5.88 Å². The number of halogens is 5. The monoisotopic (exact) mass is 739 g/mol. The molecule has 264 valence electrons. The number of rotatable bonds is 15. The third-order valence-electron chi connectivity index (χ3n) is 8.19. The summed E-state index contributed by atoms with van der Waals surface area (Å²) in [5.41, 5.74) is -1.06. The maximum Gasteiger partial charge on any atom is 0.511 e. The highest BCUT2D eigenvalue weighted by Crippen LogP contribution is 2.37. The van der Waals surface area contributed by atoms with E-state index in [1.54, 1.807) is 6.07 Å². The van der Waals surface area contributed by atoms with Crippen LogP contribution in [0.5, 0.6) is 5.88 Å². The number of nitrogens with one attached hydrogen (secondary N) is 1. The number of benzene rings is 3. The van der Waals surface area contributed by atoms with Crippen molar-refractivity contribution in [2.24, 2.45) is 0 Å². The van der Waals surface area contributed by atoms with Gasteiger partial charge in [-0.2, -0.15) is 17.5 Å². The van der Waals surface area contributed by atoms with E-state index in [0.717, 1.165) is 28.5 Å². The number of ether oxygens (including phenoxy) is 3. The molecule has 1 aliphatic heterocycles. The van der Waals surface area contributed by atoms with Gasteiger partial charge in [-0.05, 0) is 72.4 Å². The summed E-state index contributed by atoms with van der Waals surface area (Å²) in [7, 11) is -5.39. The van der Waals surface area contributed by atoms with E-state index in [4.69, 9.17) is 42.4 Å². The molecule has 0 radical (unpaired) electrons. The van der Waals surface area contributed by atoms with Gasteiger partial charge < -0.3 is 19.5 Å². The molecule has 14 heteroatoms. The highest BCUT2D eigenvalue weighted by molar-refractivity contribution is 7.90. The minimum Gasteiger partial charge on any atom is -0.475 e. The van der Waals surface area contributed by atoms with E-state index in [2.05, 4.69) is 5.32 Å². The molecule has 0 aliphatic carbocycles. The Morgan fingerprint density at radius 1 is 0.837 bits per heavy atom. The summed E-state index contributed by atoms with van der Waals surface area (Å²) in [5, 5.41) is 5.46. The van der Waals surface area contributed by atoms with E-state index >= 15 is 0 Å². The molecule has 0 spiro atoms. The second-order valence-electron chi connectivity index (χ2n) is 11.7. The molecule has 1 aliphatic rings. The van der Waals surface area contributed by atoms with Crippen molar-refractivity contribution < 1.29 is 35.8 Å². The Balaban J connectivity index is 1.44. The highest BCUT2D eigenvalue weighted by Gasteiger charge is 2.50. The van der Waals surface area contributed by atoms with Gasteiger partial charge in [0, 0.05) is 58.8 Å². The Labute approximate surface area is 294 Å². The fourth-order valence-electron chi connectivity index (χ4n) is 5.76. The van der Waals surface area contributed by atoms with Crippen LogP contribution in [0.15, 0.2) is 72.8 Å². The molecule has 1 aromatic heterocycles. The number of anilines is 1. The molecule has 1 fully saturated rings. The number of hydrogen-bond donors (Lipinski definition) is 1. The Hall–Kier alpha value is -3.13. The second-order valence-corrected chi connectivity index (χ2v) is 14.5. The molecule has 3 aromatic carbocycles. The van der Waals surface area contributed by atoms with Crippen LogP contribution in [-0.2, 0) is 19.5 Å². The van der Waals surface area contributed by atoms with Crippen LogP contribution in [-0.4, -0.2) is 75.4 Å². The quantitative estimate of drug-likeness (QED) is 0.0970. The lowest BCUT2D eigenvalue weighted by molar-refractivity contribution is -0.0494. The standard InChI is InChI=1S/C35H38Cl2F3N3O5S/c1-2-17-46-18-19-47-20-21-48-33-23-32(41-29-13-15-43(16-14-29)49(44,45)35(38,39)40)30-22-26(7-12-31(30)42-33)34(24-3-8-27(36)9-4-24)25-5-10-28(37)11-6-25/h3-12,22-23,29,34H,2,13-21H2,1H3,(H,41,42).